The van der Waals surface area contributed by atoms with Gasteiger partial charge in [0.1, 0.15) is 0 Å². The molecular weight excluding hydrogens is 384 g/mol. The Morgan fingerprint density at radius 1 is 1.15 bits per heavy atom. The van der Waals surface area contributed by atoms with Crippen molar-refractivity contribution in [2.45, 2.75) is 13.8 Å². The van der Waals surface area contributed by atoms with E-state index in [9.17, 15) is 4.79 Å². The van der Waals surface area contributed by atoms with E-state index in [1.165, 1.54) is 0 Å². The number of amides is 1. The molecule has 5 heteroatoms. The first-order valence-electron chi connectivity index (χ1n) is 6.01. The third-order valence-corrected chi connectivity index (χ3v) is 4.06. The Kier molecular flexibility index (Phi) is 4.50. The number of aryl methyl sites for hydroxylation is 2. The molecule has 0 aliphatic heterocycles. The van der Waals surface area contributed by atoms with E-state index in [1.807, 2.05) is 38.1 Å². The fourth-order valence-corrected chi connectivity index (χ4v) is 3.13. The van der Waals surface area contributed by atoms with Crippen molar-refractivity contribution in [2.24, 2.45) is 0 Å². The molecule has 0 unspecified atom stereocenters. The predicted molar refractivity (Wildman–Crippen MR) is 90.1 cm³/mol. The highest BCUT2D eigenvalue weighted by Crippen LogP contribution is 2.31. The molecule has 0 aliphatic rings. The Morgan fingerprint density at radius 3 is 2.45 bits per heavy atom. The average Bonchev–Trinajstić information content (AvgIpc) is 2.33. The zero-order valence-electron chi connectivity index (χ0n) is 11.1. The van der Waals surface area contributed by atoms with E-state index in [0.717, 1.165) is 20.1 Å². The number of nitrogens with two attached hydrogens (primary N) is 1. The minimum atomic E-state index is -0.175. The van der Waals surface area contributed by atoms with Crippen LogP contribution in [0.15, 0.2) is 39.3 Å². The summed E-state index contributed by atoms with van der Waals surface area (Å²) < 4.78 is 1.72. The number of anilines is 2. The molecule has 0 spiro atoms. The number of hydrogen-bond acceptors (Lipinski definition) is 2. The summed E-state index contributed by atoms with van der Waals surface area (Å²) in [5.74, 6) is -0.175. The largest absolute Gasteiger partial charge is 0.397 e. The van der Waals surface area contributed by atoms with Crippen LogP contribution in [0.4, 0.5) is 11.4 Å². The Hall–Kier alpha value is -1.33. The molecule has 0 saturated heterocycles. The normalized spacial score (nSPS) is 10.4. The summed E-state index contributed by atoms with van der Waals surface area (Å²) in [5, 5.41) is 2.86. The van der Waals surface area contributed by atoms with E-state index >= 15 is 0 Å². The maximum Gasteiger partial charge on any atom is 0.256 e. The van der Waals surface area contributed by atoms with Crippen molar-refractivity contribution in [3.05, 3.63) is 56.0 Å². The van der Waals surface area contributed by atoms with Gasteiger partial charge in [0.2, 0.25) is 0 Å². The molecule has 0 aliphatic carbocycles. The number of benzene rings is 2. The van der Waals surface area contributed by atoms with Gasteiger partial charge in [-0.05, 0) is 71.2 Å². The average molecular weight is 398 g/mol. The number of nitrogen functional groups attached to an aromatic ring is 1. The van der Waals surface area contributed by atoms with Gasteiger partial charge in [0, 0.05) is 14.5 Å². The van der Waals surface area contributed by atoms with Crippen LogP contribution < -0.4 is 11.1 Å². The predicted octanol–water partition coefficient (Wildman–Crippen LogP) is 4.66. The number of hydrogen-bond donors (Lipinski definition) is 2. The van der Waals surface area contributed by atoms with Crippen LogP contribution in [0, 0.1) is 13.8 Å². The Balaban J connectivity index is 2.33. The van der Waals surface area contributed by atoms with Crippen LogP contribution in [0.5, 0.6) is 0 Å². The second-order valence-corrected chi connectivity index (χ2v) is 6.39. The lowest BCUT2D eigenvalue weighted by Crippen LogP contribution is -2.15. The van der Waals surface area contributed by atoms with E-state index in [0.29, 0.717) is 16.9 Å². The van der Waals surface area contributed by atoms with Crippen LogP contribution >= 0.6 is 31.9 Å². The lowest BCUT2D eigenvalue weighted by molar-refractivity contribution is 0.102. The summed E-state index contributed by atoms with van der Waals surface area (Å²) in [6.45, 7) is 3.85. The van der Waals surface area contributed by atoms with Gasteiger partial charge in [-0.2, -0.15) is 0 Å². The lowest BCUT2D eigenvalue weighted by atomic mass is 10.1. The van der Waals surface area contributed by atoms with Gasteiger partial charge in [0.15, 0.2) is 0 Å². The monoisotopic (exact) mass is 396 g/mol. The van der Waals surface area contributed by atoms with Gasteiger partial charge < -0.3 is 11.1 Å². The van der Waals surface area contributed by atoms with E-state index in [4.69, 9.17) is 5.73 Å². The third kappa shape index (κ3) is 3.22. The first-order chi connectivity index (χ1) is 9.38. The van der Waals surface area contributed by atoms with Crippen LogP contribution in [-0.4, -0.2) is 5.91 Å². The molecule has 20 heavy (non-hydrogen) atoms. The Morgan fingerprint density at radius 2 is 1.85 bits per heavy atom. The molecule has 3 N–H and O–H groups in total. The lowest BCUT2D eigenvalue weighted by Gasteiger charge is -2.12. The highest BCUT2D eigenvalue weighted by atomic mass is 79.9. The molecule has 0 heterocycles. The Labute approximate surface area is 134 Å². The number of carbonyl (C=O) groups excluding carboxylic acids is 1. The van der Waals surface area contributed by atoms with Crippen molar-refractivity contribution >= 4 is 49.1 Å². The standard InChI is InChI=1S/C15H14Br2N2O/c1-8-5-12(17)14(13(18)6-8)19-15(20)11-4-3-10(16)7-9(11)2/h3-7H,18H2,1-2H3,(H,19,20). The minimum Gasteiger partial charge on any atom is -0.397 e. The quantitative estimate of drug-likeness (QED) is 0.723. The van der Waals surface area contributed by atoms with Crippen LogP contribution in [-0.2, 0) is 0 Å². The molecule has 0 atom stereocenters. The van der Waals surface area contributed by atoms with Crippen molar-refractivity contribution in [3.63, 3.8) is 0 Å². The molecule has 0 bridgehead atoms. The van der Waals surface area contributed by atoms with Crippen LogP contribution in [0.2, 0.25) is 0 Å². The van der Waals surface area contributed by atoms with Gasteiger partial charge in [-0.25, -0.2) is 0 Å². The third-order valence-electron chi connectivity index (χ3n) is 2.94. The second kappa shape index (κ2) is 5.97. The van der Waals surface area contributed by atoms with Crippen LogP contribution in [0.3, 0.4) is 0 Å². The molecule has 3 nitrogen and oxygen atoms in total. The molecule has 2 aromatic carbocycles. The Bertz CT molecular complexity index is 661. The van der Waals surface area contributed by atoms with Gasteiger partial charge in [-0.1, -0.05) is 15.9 Å². The van der Waals surface area contributed by atoms with Crippen molar-refractivity contribution in [3.8, 4) is 0 Å². The summed E-state index contributed by atoms with van der Waals surface area (Å²) in [5.41, 5.74) is 9.66. The molecule has 0 fully saturated rings. The van der Waals surface area contributed by atoms with Gasteiger partial charge in [-0.15, -0.1) is 0 Å². The number of halogens is 2. The first-order valence-corrected chi connectivity index (χ1v) is 7.60. The summed E-state index contributed by atoms with van der Waals surface area (Å²) in [4.78, 5) is 12.3. The van der Waals surface area contributed by atoms with Crippen LogP contribution in [0.1, 0.15) is 21.5 Å². The summed E-state index contributed by atoms with van der Waals surface area (Å²) >= 11 is 6.81. The van der Waals surface area contributed by atoms with E-state index in [-0.39, 0.29) is 5.91 Å². The van der Waals surface area contributed by atoms with Crippen molar-refractivity contribution < 1.29 is 4.79 Å². The molecule has 2 rings (SSSR count). The second-order valence-electron chi connectivity index (χ2n) is 4.62. The van der Waals surface area contributed by atoms with E-state index in [1.54, 1.807) is 6.07 Å². The smallest absolute Gasteiger partial charge is 0.256 e. The maximum atomic E-state index is 12.3. The molecule has 2 aromatic rings. The van der Waals surface area contributed by atoms with Gasteiger partial charge in [0.05, 0.1) is 11.4 Å². The molecule has 0 saturated carbocycles. The first kappa shape index (κ1) is 15.1. The van der Waals surface area contributed by atoms with Crippen LogP contribution in [0.25, 0.3) is 0 Å². The van der Waals surface area contributed by atoms with Crippen molar-refractivity contribution in [1.82, 2.24) is 0 Å². The highest BCUT2D eigenvalue weighted by molar-refractivity contribution is 9.10. The molecule has 0 radical (unpaired) electrons. The topological polar surface area (TPSA) is 55.1 Å². The number of rotatable bonds is 2. The minimum absolute atomic E-state index is 0.175. The summed E-state index contributed by atoms with van der Waals surface area (Å²) in [7, 11) is 0. The fraction of sp³-hybridized carbons (Fsp3) is 0.133. The van der Waals surface area contributed by atoms with Gasteiger partial charge in [0.25, 0.3) is 5.91 Å². The summed E-state index contributed by atoms with van der Waals surface area (Å²) in [6.07, 6.45) is 0. The number of nitrogens with one attached hydrogen (secondary N) is 1. The molecule has 0 aromatic heterocycles. The maximum absolute atomic E-state index is 12.3. The molecular formula is C15H14Br2N2O. The van der Waals surface area contributed by atoms with Crippen molar-refractivity contribution in [1.29, 1.82) is 0 Å². The fourth-order valence-electron chi connectivity index (χ4n) is 1.96. The SMILES string of the molecule is Cc1cc(N)c(NC(=O)c2ccc(Br)cc2C)c(Br)c1. The van der Waals surface area contributed by atoms with Gasteiger partial charge in [-0.3, -0.25) is 4.79 Å². The number of carbonyl (C=O) groups is 1. The highest BCUT2D eigenvalue weighted by Gasteiger charge is 2.13. The van der Waals surface area contributed by atoms with Crippen molar-refractivity contribution in [2.75, 3.05) is 11.1 Å². The molecule has 104 valence electrons. The zero-order chi connectivity index (χ0) is 14.9. The van der Waals surface area contributed by atoms with E-state index < -0.39 is 0 Å². The zero-order valence-corrected chi connectivity index (χ0v) is 14.3. The van der Waals surface area contributed by atoms with Gasteiger partial charge >= 0.3 is 0 Å². The molecule has 1 amide bonds. The van der Waals surface area contributed by atoms with E-state index in [2.05, 4.69) is 37.2 Å². The summed E-state index contributed by atoms with van der Waals surface area (Å²) in [6, 6.07) is 9.28.